The molecule has 2 heteroatoms. The maximum absolute atomic E-state index is 12.7. The average molecular weight is 513 g/mol. The van der Waals surface area contributed by atoms with Gasteiger partial charge in [0.25, 0.3) is 0 Å². The third-order valence-corrected chi connectivity index (χ3v) is 7.07. The van der Waals surface area contributed by atoms with E-state index in [1.165, 1.54) is 32.3 Å². The van der Waals surface area contributed by atoms with E-state index in [0.717, 1.165) is 21.2 Å². The summed E-state index contributed by atoms with van der Waals surface area (Å²) in [6, 6.07) is 39.7. The summed E-state index contributed by atoms with van der Waals surface area (Å²) in [5.74, 6) is -0.00422. The number of fused-ring (bicyclic) bond motifs is 6. The molecule has 0 heterocycles. The Balaban J connectivity index is 1.36. The van der Waals surface area contributed by atoms with Crippen LogP contribution in [0.5, 0.6) is 0 Å². The van der Waals surface area contributed by atoms with Crippen molar-refractivity contribution < 1.29 is 4.79 Å². The van der Waals surface area contributed by atoms with E-state index in [-0.39, 0.29) is 5.78 Å². The number of benzene rings is 6. The van der Waals surface area contributed by atoms with E-state index >= 15 is 0 Å². The number of hydrogen-bond acceptors (Lipinski definition) is 1. The second kappa shape index (κ2) is 8.98. The lowest BCUT2D eigenvalue weighted by molar-refractivity contribution is 0.104. The lowest BCUT2D eigenvalue weighted by atomic mass is 9.92. The van der Waals surface area contributed by atoms with E-state index in [4.69, 9.17) is 0 Å². The summed E-state index contributed by atoms with van der Waals surface area (Å²) >= 11 is 3.43. The number of carbonyl (C=O) groups excluding carboxylic acids is 1. The molecule has 0 radical (unpaired) electrons. The van der Waals surface area contributed by atoms with Crippen molar-refractivity contribution in [3.05, 3.63) is 137 Å². The normalized spacial score (nSPS) is 11.6. The highest BCUT2D eigenvalue weighted by molar-refractivity contribution is 9.10. The number of allylic oxidation sites excluding steroid dienone is 1. The molecule has 0 aliphatic heterocycles. The van der Waals surface area contributed by atoms with Gasteiger partial charge in [0.2, 0.25) is 0 Å². The van der Waals surface area contributed by atoms with Crippen LogP contribution in [0, 0.1) is 0 Å². The summed E-state index contributed by atoms with van der Waals surface area (Å²) < 4.78 is 1.02. The fourth-order valence-corrected chi connectivity index (χ4v) is 5.02. The van der Waals surface area contributed by atoms with E-state index in [1.54, 1.807) is 6.08 Å². The fraction of sp³-hybridized carbons (Fsp3) is 0. The maximum atomic E-state index is 12.7. The second-order valence-electron chi connectivity index (χ2n) is 8.68. The number of rotatable bonds is 4. The molecule has 0 atom stereocenters. The van der Waals surface area contributed by atoms with Crippen LogP contribution in [0.4, 0.5) is 0 Å². The molecule has 0 unspecified atom stereocenters. The van der Waals surface area contributed by atoms with Gasteiger partial charge in [0.05, 0.1) is 0 Å². The molecule has 0 aliphatic rings. The summed E-state index contributed by atoms with van der Waals surface area (Å²) in [5, 5.41) is 7.58. The minimum absolute atomic E-state index is 0.00422. The van der Waals surface area contributed by atoms with E-state index in [0.29, 0.717) is 5.56 Å². The molecule has 166 valence electrons. The van der Waals surface area contributed by atoms with Crippen LogP contribution in [-0.4, -0.2) is 5.78 Å². The van der Waals surface area contributed by atoms with E-state index in [1.807, 2.05) is 54.6 Å². The van der Waals surface area contributed by atoms with Crippen LogP contribution >= 0.6 is 15.9 Å². The van der Waals surface area contributed by atoms with Gasteiger partial charge in [-0.3, -0.25) is 4.79 Å². The van der Waals surface area contributed by atoms with Crippen LogP contribution in [0.1, 0.15) is 15.9 Å². The first-order valence-corrected chi connectivity index (χ1v) is 12.4. The Morgan fingerprint density at radius 2 is 1.06 bits per heavy atom. The molecular weight excluding hydrogens is 492 g/mol. The van der Waals surface area contributed by atoms with E-state index < -0.39 is 0 Å². The van der Waals surface area contributed by atoms with Crippen LogP contribution in [0.25, 0.3) is 49.5 Å². The fourth-order valence-electron chi connectivity index (χ4n) is 4.76. The van der Waals surface area contributed by atoms with Gasteiger partial charge in [0.1, 0.15) is 0 Å². The van der Waals surface area contributed by atoms with Crippen LogP contribution in [0.3, 0.4) is 0 Å². The highest BCUT2D eigenvalue weighted by Crippen LogP contribution is 2.37. The van der Waals surface area contributed by atoms with Crippen molar-refractivity contribution in [1.82, 2.24) is 0 Å². The van der Waals surface area contributed by atoms with Gasteiger partial charge in [-0.25, -0.2) is 0 Å². The zero-order chi connectivity index (χ0) is 23.8. The lowest BCUT2D eigenvalue weighted by Gasteiger charge is -2.12. The topological polar surface area (TPSA) is 17.1 Å². The van der Waals surface area contributed by atoms with Crippen LogP contribution in [-0.2, 0) is 0 Å². The Labute approximate surface area is 212 Å². The molecule has 0 saturated heterocycles. The van der Waals surface area contributed by atoms with Crippen LogP contribution < -0.4 is 0 Å². The molecule has 0 aromatic heterocycles. The first-order valence-electron chi connectivity index (χ1n) is 11.6. The van der Waals surface area contributed by atoms with Crippen molar-refractivity contribution >= 4 is 60.1 Å². The summed E-state index contributed by atoms with van der Waals surface area (Å²) in [6.07, 6.45) is 3.48. The average Bonchev–Trinajstić information content (AvgIpc) is 2.92. The van der Waals surface area contributed by atoms with Crippen molar-refractivity contribution in [2.24, 2.45) is 0 Å². The molecule has 0 aliphatic carbocycles. The van der Waals surface area contributed by atoms with Crippen molar-refractivity contribution in [3.63, 3.8) is 0 Å². The van der Waals surface area contributed by atoms with E-state index in [9.17, 15) is 4.79 Å². The van der Waals surface area contributed by atoms with Crippen molar-refractivity contribution in [3.8, 4) is 11.1 Å². The number of hydrogen-bond donors (Lipinski definition) is 0. The van der Waals surface area contributed by atoms with Gasteiger partial charge in [-0.2, -0.15) is 0 Å². The molecule has 0 fully saturated rings. The van der Waals surface area contributed by atoms with Gasteiger partial charge in [-0.1, -0.05) is 119 Å². The summed E-state index contributed by atoms with van der Waals surface area (Å²) in [5.41, 5.74) is 3.91. The van der Waals surface area contributed by atoms with Crippen LogP contribution in [0.2, 0.25) is 0 Å². The monoisotopic (exact) mass is 512 g/mol. The SMILES string of the molecule is O=C(C=Cc1ccc(Br)cc1)c1ccc(-c2ccc3c4ccccc4c4ccccc4c3c2)cc1. The minimum atomic E-state index is -0.00422. The molecule has 6 rings (SSSR count). The van der Waals surface area contributed by atoms with Gasteiger partial charge >= 0.3 is 0 Å². The van der Waals surface area contributed by atoms with Gasteiger partial charge in [0.15, 0.2) is 5.78 Å². The number of halogens is 1. The Morgan fingerprint density at radius 3 is 1.66 bits per heavy atom. The third-order valence-electron chi connectivity index (χ3n) is 6.54. The first kappa shape index (κ1) is 21.5. The zero-order valence-electron chi connectivity index (χ0n) is 18.9. The summed E-state index contributed by atoms with van der Waals surface area (Å²) in [4.78, 5) is 12.7. The zero-order valence-corrected chi connectivity index (χ0v) is 20.5. The minimum Gasteiger partial charge on any atom is -0.289 e. The molecule has 0 N–H and O–H groups in total. The molecule has 0 spiro atoms. The van der Waals surface area contributed by atoms with Crippen LogP contribution in [0.15, 0.2) is 126 Å². The molecule has 0 saturated carbocycles. The molecule has 6 aromatic rings. The van der Waals surface area contributed by atoms with Crippen molar-refractivity contribution in [2.75, 3.05) is 0 Å². The first-order chi connectivity index (χ1) is 17.2. The smallest absolute Gasteiger partial charge is 0.185 e. The Bertz CT molecular complexity index is 1710. The summed E-state index contributed by atoms with van der Waals surface area (Å²) in [7, 11) is 0. The molecule has 1 nitrogen and oxygen atoms in total. The highest BCUT2D eigenvalue weighted by Gasteiger charge is 2.10. The molecule has 6 aromatic carbocycles. The predicted octanol–water partition coefficient (Wildman–Crippen LogP) is 9.47. The van der Waals surface area contributed by atoms with Crippen molar-refractivity contribution in [2.45, 2.75) is 0 Å². The number of ketones is 1. The maximum Gasteiger partial charge on any atom is 0.185 e. The molecule has 35 heavy (non-hydrogen) atoms. The summed E-state index contributed by atoms with van der Waals surface area (Å²) in [6.45, 7) is 0. The largest absolute Gasteiger partial charge is 0.289 e. The Morgan fingerprint density at radius 1 is 0.543 bits per heavy atom. The van der Waals surface area contributed by atoms with Gasteiger partial charge in [-0.15, -0.1) is 0 Å². The number of carbonyl (C=O) groups is 1. The van der Waals surface area contributed by atoms with Gasteiger partial charge in [-0.05, 0) is 73.3 Å². The third kappa shape index (κ3) is 4.07. The predicted molar refractivity (Wildman–Crippen MR) is 152 cm³/mol. The Hall–Kier alpha value is -4.01. The molecular formula is C33H21BrO. The highest BCUT2D eigenvalue weighted by atomic mass is 79.9. The van der Waals surface area contributed by atoms with Gasteiger partial charge < -0.3 is 0 Å². The van der Waals surface area contributed by atoms with E-state index in [2.05, 4.69) is 82.7 Å². The van der Waals surface area contributed by atoms with Crippen molar-refractivity contribution in [1.29, 1.82) is 0 Å². The second-order valence-corrected chi connectivity index (χ2v) is 9.59. The molecule has 0 bridgehead atoms. The lowest BCUT2D eigenvalue weighted by Crippen LogP contribution is -1.93. The standard InChI is InChI=1S/C33H21BrO/c34-26-17-9-22(10-18-26)11-20-33(35)24-14-12-23(13-15-24)25-16-19-31-29-7-2-1-5-27(29)28-6-3-4-8-30(28)32(31)21-25/h1-21H. The van der Waals surface area contributed by atoms with Gasteiger partial charge in [0, 0.05) is 10.0 Å². The Kier molecular flexibility index (Phi) is 5.52. The quantitative estimate of drug-likeness (QED) is 0.130. The molecule has 0 amide bonds.